The van der Waals surface area contributed by atoms with Crippen LogP contribution in [0, 0.1) is 10.8 Å². The van der Waals surface area contributed by atoms with Crippen LogP contribution >= 0.6 is 11.6 Å². The third-order valence-electron chi connectivity index (χ3n) is 2.46. The molecule has 0 aromatic carbocycles. The van der Waals surface area contributed by atoms with Crippen molar-refractivity contribution in [1.82, 2.24) is 9.80 Å². The van der Waals surface area contributed by atoms with Crippen LogP contribution in [0.2, 0.25) is 0 Å². The van der Waals surface area contributed by atoms with Gasteiger partial charge < -0.3 is 14.5 Å². The van der Waals surface area contributed by atoms with Crippen LogP contribution in [-0.4, -0.2) is 58.7 Å². The van der Waals surface area contributed by atoms with Crippen LogP contribution in [0.25, 0.3) is 0 Å². The molecule has 1 fully saturated rings. The summed E-state index contributed by atoms with van der Waals surface area (Å²) in [6.45, 7) is 7.41. The van der Waals surface area contributed by atoms with E-state index in [4.69, 9.17) is 27.2 Å². The summed E-state index contributed by atoms with van der Waals surface area (Å²) < 4.78 is 5.27. The van der Waals surface area contributed by atoms with Gasteiger partial charge in [0.2, 0.25) is 0 Å². The predicted octanol–water partition coefficient (Wildman–Crippen LogP) is 1.73. The summed E-state index contributed by atoms with van der Waals surface area (Å²) in [5.41, 5.74) is -0.501. The smallest absolute Gasteiger partial charge is 0.410 e. The SMILES string of the molecule is CC(C)(C)OC(=O)N1CCN(C(=N)C(=N)Cl)CC1. The number of carbonyl (C=O) groups excluding carboxylic acids is 1. The molecule has 2 N–H and O–H groups in total. The van der Waals surface area contributed by atoms with Crippen molar-refractivity contribution >= 4 is 28.7 Å². The standard InChI is InChI=1S/C11H19ClN4O2/c1-11(2,3)18-10(17)16-6-4-15(5-7-16)9(14)8(12)13/h13-14H,4-7H2,1-3H3. The first kappa shape index (κ1) is 14.8. The number of hydrogen-bond acceptors (Lipinski definition) is 4. The molecule has 0 spiro atoms. The lowest BCUT2D eigenvalue weighted by Crippen LogP contribution is -2.52. The monoisotopic (exact) mass is 274 g/mol. The maximum Gasteiger partial charge on any atom is 0.410 e. The van der Waals surface area contributed by atoms with Crippen molar-refractivity contribution in [2.75, 3.05) is 26.2 Å². The van der Waals surface area contributed by atoms with E-state index in [2.05, 4.69) is 0 Å². The fraction of sp³-hybridized carbons (Fsp3) is 0.727. The van der Waals surface area contributed by atoms with Crippen LogP contribution in [-0.2, 0) is 4.74 Å². The molecule has 0 aromatic heterocycles. The second-order valence-corrected chi connectivity index (χ2v) is 5.49. The zero-order chi connectivity index (χ0) is 13.9. The van der Waals surface area contributed by atoms with Crippen LogP contribution in [0.4, 0.5) is 4.79 Å². The van der Waals surface area contributed by atoms with Gasteiger partial charge in [-0.25, -0.2) is 4.79 Å². The minimum atomic E-state index is -0.501. The third-order valence-corrected chi connectivity index (χ3v) is 2.63. The summed E-state index contributed by atoms with van der Waals surface area (Å²) in [7, 11) is 0. The normalized spacial score (nSPS) is 16.4. The highest BCUT2D eigenvalue weighted by Crippen LogP contribution is 2.12. The number of amidine groups is 1. The van der Waals surface area contributed by atoms with Gasteiger partial charge >= 0.3 is 6.09 Å². The van der Waals surface area contributed by atoms with Gasteiger partial charge in [0, 0.05) is 26.2 Å². The minimum Gasteiger partial charge on any atom is -0.444 e. The van der Waals surface area contributed by atoms with Crippen LogP contribution in [0.15, 0.2) is 0 Å². The van der Waals surface area contributed by atoms with Gasteiger partial charge in [-0.05, 0) is 20.8 Å². The first-order valence-corrected chi connectivity index (χ1v) is 6.14. The average molecular weight is 275 g/mol. The molecule has 1 heterocycles. The van der Waals surface area contributed by atoms with Gasteiger partial charge in [0.25, 0.3) is 0 Å². The van der Waals surface area contributed by atoms with Crippen molar-refractivity contribution in [2.45, 2.75) is 26.4 Å². The predicted molar refractivity (Wildman–Crippen MR) is 70.7 cm³/mol. The number of halogens is 1. The lowest BCUT2D eigenvalue weighted by atomic mass is 10.2. The Labute approximate surface area is 112 Å². The van der Waals surface area contributed by atoms with E-state index >= 15 is 0 Å². The molecule has 7 heteroatoms. The molecule has 0 radical (unpaired) electrons. The molecule has 0 atom stereocenters. The minimum absolute atomic E-state index is 0.000468. The summed E-state index contributed by atoms with van der Waals surface area (Å²) in [5, 5.41) is 14.5. The van der Waals surface area contributed by atoms with E-state index in [0.717, 1.165) is 0 Å². The van der Waals surface area contributed by atoms with Crippen molar-refractivity contribution in [3.63, 3.8) is 0 Å². The number of ether oxygens (including phenoxy) is 1. The largest absolute Gasteiger partial charge is 0.444 e. The molecule has 1 aliphatic rings. The van der Waals surface area contributed by atoms with Gasteiger partial charge in [0.15, 0.2) is 11.0 Å². The Hall–Kier alpha value is -1.30. The number of hydrogen-bond donors (Lipinski definition) is 2. The summed E-state index contributed by atoms with van der Waals surface area (Å²) in [6.07, 6.45) is -0.338. The molecule has 0 aromatic rings. The Morgan fingerprint density at radius 3 is 1.94 bits per heavy atom. The van der Waals surface area contributed by atoms with Gasteiger partial charge in [-0.1, -0.05) is 11.6 Å². The van der Waals surface area contributed by atoms with Crippen molar-refractivity contribution < 1.29 is 9.53 Å². The molecule has 1 saturated heterocycles. The molecule has 18 heavy (non-hydrogen) atoms. The quantitative estimate of drug-likeness (QED) is 0.564. The number of rotatable bonds is 1. The Morgan fingerprint density at radius 2 is 1.56 bits per heavy atom. The van der Waals surface area contributed by atoms with Gasteiger partial charge in [0.05, 0.1) is 0 Å². The molecule has 0 unspecified atom stereocenters. The van der Waals surface area contributed by atoms with Gasteiger partial charge in [-0.2, -0.15) is 0 Å². The van der Waals surface area contributed by atoms with E-state index in [0.29, 0.717) is 26.2 Å². The van der Waals surface area contributed by atoms with Crippen molar-refractivity contribution in [1.29, 1.82) is 10.8 Å². The highest BCUT2D eigenvalue weighted by Gasteiger charge is 2.27. The second-order valence-electron chi connectivity index (χ2n) is 5.12. The van der Waals surface area contributed by atoms with E-state index in [1.807, 2.05) is 20.8 Å². The summed E-state index contributed by atoms with van der Waals surface area (Å²) in [6, 6.07) is 0. The zero-order valence-corrected chi connectivity index (χ0v) is 11.7. The highest BCUT2D eigenvalue weighted by molar-refractivity contribution is 6.82. The number of amides is 1. The Bertz CT molecular complexity index is 357. The molecule has 1 aliphatic heterocycles. The van der Waals surface area contributed by atoms with E-state index < -0.39 is 5.60 Å². The Kier molecular flexibility index (Phi) is 4.56. The maximum atomic E-state index is 11.8. The molecule has 0 aliphatic carbocycles. The number of nitrogens with one attached hydrogen (secondary N) is 2. The molecular formula is C11H19ClN4O2. The third kappa shape index (κ3) is 4.18. The number of nitrogens with zero attached hydrogens (tertiary/aromatic N) is 2. The zero-order valence-electron chi connectivity index (χ0n) is 10.9. The second kappa shape index (κ2) is 5.56. The summed E-state index contributed by atoms with van der Waals surface area (Å²) in [4.78, 5) is 15.1. The molecular weight excluding hydrogens is 256 g/mol. The van der Waals surface area contributed by atoms with Crippen LogP contribution in [0.5, 0.6) is 0 Å². The summed E-state index contributed by atoms with van der Waals surface area (Å²) >= 11 is 5.46. The van der Waals surface area contributed by atoms with Gasteiger partial charge in [-0.3, -0.25) is 10.8 Å². The van der Waals surface area contributed by atoms with Crippen molar-refractivity contribution in [3.8, 4) is 0 Å². The molecule has 6 nitrogen and oxygen atoms in total. The van der Waals surface area contributed by atoms with Crippen LogP contribution < -0.4 is 0 Å². The fourth-order valence-corrected chi connectivity index (χ4v) is 1.70. The van der Waals surface area contributed by atoms with E-state index in [1.54, 1.807) is 9.80 Å². The fourth-order valence-electron chi connectivity index (χ4n) is 1.58. The Morgan fingerprint density at radius 1 is 1.11 bits per heavy atom. The summed E-state index contributed by atoms with van der Waals surface area (Å²) in [5.74, 6) is 0.000468. The van der Waals surface area contributed by atoms with E-state index in [9.17, 15) is 4.79 Å². The highest BCUT2D eigenvalue weighted by atomic mass is 35.5. The lowest BCUT2D eigenvalue weighted by Gasteiger charge is -2.36. The van der Waals surface area contributed by atoms with Crippen LogP contribution in [0.1, 0.15) is 20.8 Å². The van der Waals surface area contributed by atoms with E-state index in [1.165, 1.54) is 0 Å². The first-order chi connectivity index (χ1) is 8.20. The number of carbonyl (C=O) groups is 1. The molecule has 0 saturated carbocycles. The first-order valence-electron chi connectivity index (χ1n) is 5.76. The molecule has 1 rings (SSSR count). The van der Waals surface area contributed by atoms with E-state index in [-0.39, 0.29) is 17.1 Å². The topological polar surface area (TPSA) is 80.5 Å². The molecule has 1 amide bonds. The Balaban J connectivity index is 2.47. The van der Waals surface area contributed by atoms with Crippen molar-refractivity contribution in [3.05, 3.63) is 0 Å². The van der Waals surface area contributed by atoms with Gasteiger partial charge in [0.1, 0.15) is 5.60 Å². The molecule has 0 bridgehead atoms. The number of piperazine rings is 1. The van der Waals surface area contributed by atoms with Crippen molar-refractivity contribution in [2.24, 2.45) is 0 Å². The lowest BCUT2D eigenvalue weighted by molar-refractivity contribution is 0.0187. The molecule has 102 valence electrons. The van der Waals surface area contributed by atoms with Crippen LogP contribution in [0.3, 0.4) is 0 Å². The maximum absolute atomic E-state index is 11.8. The average Bonchev–Trinajstić information content (AvgIpc) is 2.26. The van der Waals surface area contributed by atoms with Gasteiger partial charge in [-0.15, -0.1) is 0 Å².